The monoisotopic (exact) mass is 312 g/mol. The average Bonchev–Trinajstić information content (AvgIpc) is 2.40. The summed E-state index contributed by atoms with van der Waals surface area (Å²) in [5.74, 6) is -3.46. The van der Waals surface area contributed by atoms with Crippen molar-refractivity contribution in [2.75, 3.05) is 19.0 Å². The van der Waals surface area contributed by atoms with Crippen molar-refractivity contribution in [3.63, 3.8) is 0 Å². The van der Waals surface area contributed by atoms with Crippen LogP contribution in [-0.2, 0) is 14.3 Å². The first kappa shape index (κ1) is 17.6. The zero-order valence-electron chi connectivity index (χ0n) is 12.4. The van der Waals surface area contributed by atoms with Crippen LogP contribution in [0.3, 0.4) is 0 Å². The lowest BCUT2D eigenvalue weighted by Gasteiger charge is -2.25. The van der Waals surface area contributed by atoms with Gasteiger partial charge in [0.1, 0.15) is 5.82 Å². The summed E-state index contributed by atoms with van der Waals surface area (Å²) in [6.45, 7) is 2.22. The van der Waals surface area contributed by atoms with E-state index >= 15 is 0 Å². The van der Waals surface area contributed by atoms with Crippen LogP contribution < -0.4 is 10.6 Å². The summed E-state index contributed by atoms with van der Waals surface area (Å²) in [5.41, 5.74) is -1.86. The van der Waals surface area contributed by atoms with Gasteiger partial charge in [-0.3, -0.25) is 9.59 Å². The van der Waals surface area contributed by atoms with E-state index in [4.69, 9.17) is 9.84 Å². The second-order valence-corrected chi connectivity index (χ2v) is 4.90. The van der Waals surface area contributed by atoms with E-state index in [0.29, 0.717) is 0 Å². The van der Waals surface area contributed by atoms with Crippen LogP contribution in [0, 0.1) is 5.82 Å². The molecule has 1 unspecified atom stereocenters. The molecule has 0 fully saturated rings. The number of ether oxygens (including phenoxy) is 1. The zero-order chi connectivity index (χ0) is 16.9. The van der Waals surface area contributed by atoms with Gasteiger partial charge in [0.15, 0.2) is 5.54 Å². The Morgan fingerprint density at radius 3 is 2.50 bits per heavy atom. The first-order valence-corrected chi connectivity index (χ1v) is 6.31. The second-order valence-electron chi connectivity index (χ2n) is 4.90. The molecule has 1 atom stereocenters. The molecule has 1 aromatic carbocycles. The lowest BCUT2D eigenvalue weighted by atomic mass is 10.0. The maximum absolute atomic E-state index is 13.8. The highest BCUT2D eigenvalue weighted by Crippen LogP contribution is 2.16. The summed E-state index contributed by atoms with van der Waals surface area (Å²) in [4.78, 5) is 34.3. The number of methoxy groups -OCH3 is 1. The number of aliphatic carboxylic acids is 1. The molecule has 120 valence electrons. The summed E-state index contributed by atoms with van der Waals surface area (Å²) in [6.07, 6.45) is 0. The van der Waals surface area contributed by atoms with Crippen LogP contribution in [0.2, 0.25) is 0 Å². The molecule has 0 heterocycles. The van der Waals surface area contributed by atoms with Gasteiger partial charge in [-0.2, -0.15) is 0 Å². The summed E-state index contributed by atoms with van der Waals surface area (Å²) in [6, 6.07) is 3.43. The molecule has 0 saturated carbocycles. The van der Waals surface area contributed by atoms with Gasteiger partial charge < -0.3 is 20.5 Å². The van der Waals surface area contributed by atoms with Crippen molar-refractivity contribution in [3.8, 4) is 0 Å². The summed E-state index contributed by atoms with van der Waals surface area (Å²) < 4.78 is 18.5. The van der Waals surface area contributed by atoms with Crippen molar-refractivity contribution in [1.82, 2.24) is 5.32 Å². The number of hydrogen-bond acceptors (Lipinski definition) is 4. The highest BCUT2D eigenvalue weighted by Gasteiger charge is 2.35. The van der Waals surface area contributed by atoms with Crippen LogP contribution in [0.15, 0.2) is 18.2 Å². The molecule has 0 aliphatic carbocycles. The Morgan fingerprint density at radius 1 is 1.36 bits per heavy atom. The minimum Gasteiger partial charge on any atom is -0.479 e. The standard InChI is InChI=1S/C14H17FN2O5/c1-8(18)16-9-4-5-11(15)10(6-9)12(19)17-14(2,7-22-3)13(20)21/h4-6H,7H2,1-3H3,(H,16,18)(H,17,19)(H,20,21). The largest absolute Gasteiger partial charge is 0.479 e. The number of carboxylic acids is 1. The number of nitrogens with one attached hydrogen (secondary N) is 2. The topological polar surface area (TPSA) is 105 Å². The zero-order valence-corrected chi connectivity index (χ0v) is 12.4. The molecular formula is C14H17FN2O5. The lowest BCUT2D eigenvalue weighted by Crippen LogP contribution is -2.55. The van der Waals surface area contributed by atoms with Gasteiger partial charge in [-0.1, -0.05) is 0 Å². The van der Waals surface area contributed by atoms with Crippen molar-refractivity contribution in [2.24, 2.45) is 0 Å². The molecule has 0 radical (unpaired) electrons. The Balaban J connectivity index is 3.06. The van der Waals surface area contributed by atoms with Crippen LogP contribution in [0.4, 0.5) is 10.1 Å². The molecule has 1 rings (SSSR count). The van der Waals surface area contributed by atoms with Crippen LogP contribution in [0.1, 0.15) is 24.2 Å². The Bertz CT molecular complexity index is 605. The van der Waals surface area contributed by atoms with Gasteiger partial charge in [0.2, 0.25) is 5.91 Å². The molecule has 3 N–H and O–H groups in total. The number of amides is 2. The van der Waals surface area contributed by atoms with Gasteiger partial charge in [0.05, 0.1) is 12.2 Å². The van der Waals surface area contributed by atoms with Gasteiger partial charge in [0.25, 0.3) is 5.91 Å². The smallest absolute Gasteiger partial charge is 0.331 e. The number of carbonyl (C=O) groups excluding carboxylic acids is 2. The van der Waals surface area contributed by atoms with E-state index in [9.17, 15) is 18.8 Å². The van der Waals surface area contributed by atoms with E-state index < -0.39 is 23.2 Å². The Labute approximate surface area is 126 Å². The first-order valence-electron chi connectivity index (χ1n) is 6.31. The molecule has 0 aliphatic heterocycles. The van der Waals surface area contributed by atoms with Crippen LogP contribution in [-0.4, -0.2) is 42.1 Å². The highest BCUT2D eigenvalue weighted by atomic mass is 19.1. The third kappa shape index (κ3) is 4.26. The minimum absolute atomic E-state index is 0.225. The number of halogens is 1. The molecule has 2 amide bonds. The average molecular weight is 312 g/mol. The predicted octanol–water partition coefficient (Wildman–Crippen LogP) is 1.00. The fourth-order valence-electron chi connectivity index (χ4n) is 1.74. The fourth-order valence-corrected chi connectivity index (χ4v) is 1.74. The Hall–Kier alpha value is -2.48. The van der Waals surface area contributed by atoms with E-state index in [2.05, 4.69) is 10.6 Å². The van der Waals surface area contributed by atoms with Crippen molar-refractivity contribution in [2.45, 2.75) is 19.4 Å². The van der Waals surface area contributed by atoms with Crippen molar-refractivity contribution < 1.29 is 28.6 Å². The number of hydrogen-bond donors (Lipinski definition) is 3. The van der Waals surface area contributed by atoms with Crippen LogP contribution in [0.5, 0.6) is 0 Å². The summed E-state index contributed by atoms with van der Waals surface area (Å²) in [7, 11) is 1.28. The number of carboxylic acid groups (broad SMARTS) is 1. The highest BCUT2D eigenvalue weighted by molar-refractivity contribution is 5.99. The fraction of sp³-hybridized carbons (Fsp3) is 0.357. The van der Waals surface area contributed by atoms with E-state index in [0.717, 1.165) is 12.1 Å². The van der Waals surface area contributed by atoms with E-state index in [1.807, 2.05) is 0 Å². The van der Waals surface area contributed by atoms with E-state index in [-0.39, 0.29) is 23.8 Å². The van der Waals surface area contributed by atoms with Crippen molar-refractivity contribution in [3.05, 3.63) is 29.6 Å². The normalized spacial score (nSPS) is 13.1. The van der Waals surface area contributed by atoms with Crippen LogP contribution in [0.25, 0.3) is 0 Å². The van der Waals surface area contributed by atoms with Crippen molar-refractivity contribution >= 4 is 23.5 Å². The molecule has 8 heteroatoms. The molecule has 0 aromatic heterocycles. The summed E-state index contributed by atoms with van der Waals surface area (Å²) in [5, 5.41) is 13.8. The summed E-state index contributed by atoms with van der Waals surface area (Å²) >= 11 is 0. The second kappa shape index (κ2) is 6.99. The molecule has 7 nitrogen and oxygen atoms in total. The number of rotatable bonds is 6. The quantitative estimate of drug-likeness (QED) is 0.727. The molecule has 22 heavy (non-hydrogen) atoms. The number of anilines is 1. The number of carbonyl (C=O) groups is 3. The van der Waals surface area contributed by atoms with Gasteiger partial charge >= 0.3 is 5.97 Å². The SMILES string of the molecule is COCC(C)(NC(=O)c1cc(NC(C)=O)ccc1F)C(=O)O. The molecule has 1 aromatic rings. The van der Waals surface area contributed by atoms with Gasteiger partial charge in [-0.05, 0) is 25.1 Å². The van der Waals surface area contributed by atoms with E-state index in [1.54, 1.807) is 0 Å². The van der Waals surface area contributed by atoms with Crippen LogP contribution >= 0.6 is 0 Å². The minimum atomic E-state index is -1.71. The molecule has 0 spiro atoms. The maximum Gasteiger partial charge on any atom is 0.331 e. The number of benzene rings is 1. The third-order valence-corrected chi connectivity index (χ3v) is 2.83. The molecule has 0 aliphatic rings. The Morgan fingerprint density at radius 2 is 2.00 bits per heavy atom. The Kier molecular flexibility index (Phi) is 5.58. The molecular weight excluding hydrogens is 295 g/mol. The van der Waals surface area contributed by atoms with Gasteiger partial charge in [0, 0.05) is 19.7 Å². The van der Waals surface area contributed by atoms with Gasteiger partial charge in [-0.25, -0.2) is 9.18 Å². The molecule has 0 bridgehead atoms. The first-order chi connectivity index (χ1) is 10.2. The van der Waals surface area contributed by atoms with E-state index in [1.165, 1.54) is 27.0 Å². The third-order valence-electron chi connectivity index (χ3n) is 2.83. The predicted molar refractivity (Wildman–Crippen MR) is 76.1 cm³/mol. The van der Waals surface area contributed by atoms with Gasteiger partial charge in [-0.15, -0.1) is 0 Å². The maximum atomic E-state index is 13.8. The van der Waals surface area contributed by atoms with Crippen molar-refractivity contribution in [1.29, 1.82) is 0 Å². The lowest BCUT2D eigenvalue weighted by molar-refractivity contribution is -0.145. The molecule has 0 saturated heterocycles.